The third kappa shape index (κ3) is 3.92. The van der Waals surface area contributed by atoms with Crippen molar-refractivity contribution in [2.75, 3.05) is 38.6 Å². The Labute approximate surface area is 113 Å². The number of carbonyl (C=O) groups is 1. The Morgan fingerprint density at radius 3 is 2.61 bits per heavy atom. The van der Waals surface area contributed by atoms with Gasteiger partial charge in [0.25, 0.3) is 0 Å². The number of carbonyl (C=O) groups excluding carboxylic acids is 1. The van der Waals surface area contributed by atoms with E-state index in [9.17, 15) is 4.79 Å². The van der Waals surface area contributed by atoms with Crippen molar-refractivity contribution in [3.8, 4) is 0 Å². The average molecular weight is 271 g/mol. The lowest BCUT2D eigenvalue weighted by molar-refractivity contribution is 0.112. The van der Waals surface area contributed by atoms with Crippen molar-refractivity contribution in [3.05, 3.63) is 17.0 Å². The summed E-state index contributed by atoms with van der Waals surface area (Å²) in [4.78, 5) is 23.2. The summed E-state index contributed by atoms with van der Waals surface area (Å²) in [5.74, 6) is 0.617. The van der Waals surface area contributed by atoms with Crippen molar-refractivity contribution in [1.82, 2.24) is 14.9 Å². The molecule has 0 saturated heterocycles. The molecule has 0 N–H and O–H groups in total. The van der Waals surface area contributed by atoms with Gasteiger partial charge in [-0.05, 0) is 34.0 Å². The second kappa shape index (κ2) is 7.28. The number of aromatic nitrogens is 2. The van der Waals surface area contributed by atoms with Crippen LogP contribution in [0.4, 0.5) is 5.82 Å². The maximum absolute atomic E-state index is 11.1. The number of nitrogens with zero attached hydrogens (tertiary/aromatic N) is 4. The second-order valence-electron chi connectivity index (χ2n) is 4.26. The molecule has 6 heteroatoms. The van der Waals surface area contributed by atoms with E-state index >= 15 is 0 Å². The van der Waals surface area contributed by atoms with Gasteiger partial charge in [0.05, 0.1) is 5.56 Å². The average Bonchev–Trinajstić information content (AvgIpc) is 2.34. The van der Waals surface area contributed by atoms with Crippen LogP contribution < -0.4 is 4.90 Å². The van der Waals surface area contributed by atoms with Gasteiger partial charge in [0, 0.05) is 13.1 Å². The molecule has 0 radical (unpaired) electrons. The highest BCUT2D eigenvalue weighted by molar-refractivity contribution is 6.32. The van der Waals surface area contributed by atoms with Crippen LogP contribution in [0.3, 0.4) is 0 Å². The first kappa shape index (κ1) is 14.9. The number of aldehydes is 1. The minimum atomic E-state index is 0.209. The van der Waals surface area contributed by atoms with E-state index in [1.165, 1.54) is 6.33 Å². The maximum Gasteiger partial charge on any atom is 0.156 e. The molecule has 0 aliphatic heterocycles. The van der Waals surface area contributed by atoms with Crippen molar-refractivity contribution < 1.29 is 4.79 Å². The summed E-state index contributed by atoms with van der Waals surface area (Å²) in [6.07, 6.45) is 3.10. The Morgan fingerprint density at radius 2 is 2.06 bits per heavy atom. The molecule has 0 aromatic carbocycles. The molecule has 1 aromatic heterocycles. The van der Waals surface area contributed by atoms with E-state index in [4.69, 9.17) is 11.6 Å². The fraction of sp³-hybridized carbons (Fsp3) is 0.583. The van der Waals surface area contributed by atoms with Gasteiger partial charge in [0.1, 0.15) is 17.3 Å². The molecule has 0 unspecified atom stereocenters. The van der Waals surface area contributed by atoms with Gasteiger partial charge in [-0.3, -0.25) is 4.79 Å². The van der Waals surface area contributed by atoms with Gasteiger partial charge in [-0.15, -0.1) is 0 Å². The molecule has 0 fully saturated rings. The molecule has 0 atom stereocenters. The molecule has 1 aromatic rings. The van der Waals surface area contributed by atoms with Crippen LogP contribution in [0.1, 0.15) is 23.7 Å². The standard InChI is InChI=1S/C12H19ClN4O/c1-4-17(7-5-6-16(2)3)12-10(8-18)11(13)14-9-15-12/h8-9H,4-7H2,1-3H3. The minimum Gasteiger partial charge on any atom is -0.356 e. The summed E-state index contributed by atoms with van der Waals surface area (Å²) in [7, 11) is 4.07. The number of anilines is 1. The zero-order valence-corrected chi connectivity index (χ0v) is 11.8. The van der Waals surface area contributed by atoms with Gasteiger partial charge >= 0.3 is 0 Å². The molecule has 5 nitrogen and oxygen atoms in total. The Kier molecular flexibility index (Phi) is 6.01. The SMILES string of the molecule is CCN(CCCN(C)C)c1ncnc(Cl)c1C=O. The predicted molar refractivity (Wildman–Crippen MR) is 73.5 cm³/mol. The van der Waals surface area contributed by atoms with Crippen LogP contribution in [-0.4, -0.2) is 54.9 Å². The molecule has 0 saturated carbocycles. The molecule has 100 valence electrons. The third-order valence-corrected chi connectivity index (χ3v) is 2.95. The molecule has 0 amide bonds. The molecule has 1 rings (SSSR count). The molecule has 0 bridgehead atoms. The maximum atomic E-state index is 11.1. The number of hydrogen-bond acceptors (Lipinski definition) is 5. The highest BCUT2D eigenvalue weighted by Gasteiger charge is 2.14. The van der Waals surface area contributed by atoms with E-state index in [0.29, 0.717) is 17.7 Å². The first-order valence-corrected chi connectivity index (χ1v) is 6.33. The lowest BCUT2D eigenvalue weighted by Gasteiger charge is -2.23. The van der Waals surface area contributed by atoms with Gasteiger partial charge < -0.3 is 9.80 Å². The zero-order chi connectivity index (χ0) is 13.5. The van der Waals surface area contributed by atoms with Gasteiger partial charge in [-0.2, -0.15) is 0 Å². The normalized spacial score (nSPS) is 10.7. The van der Waals surface area contributed by atoms with Crippen LogP contribution in [0.5, 0.6) is 0 Å². The van der Waals surface area contributed by atoms with Crippen LogP contribution in [0.2, 0.25) is 5.15 Å². The van der Waals surface area contributed by atoms with Crippen molar-refractivity contribution in [3.63, 3.8) is 0 Å². The molecule has 1 heterocycles. The third-order valence-electron chi connectivity index (χ3n) is 2.65. The van der Waals surface area contributed by atoms with Crippen molar-refractivity contribution in [2.45, 2.75) is 13.3 Å². The predicted octanol–water partition coefficient (Wildman–Crippen LogP) is 1.72. The smallest absolute Gasteiger partial charge is 0.156 e. The largest absolute Gasteiger partial charge is 0.356 e. The quantitative estimate of drug-likeness (QED) is 0.558. The highest BCUT2D eigenvalue weighted by atomic mass is 35.5. The first-order valence-electron chi connectivity index (χ1n) is 5.95. The van der Waals surface area contributed by atoms with Gasteiger partial charge in [-0.1, -0.05) is 11.6 Å². The van der Waals surface area contributed by atoms with Crippen molar-refractivity contribution in [1.29, 1.82) is 0 Å². The fourth-order valence-electron chi connectivity index (χ4n) is 1.71. The van der Waals surface area contributed by atoms with Crippen molar-refractivity contribution in [2.24, 2.45) is 0 Å². The molecular weight excluding hydrogens is 252 g/mol. The summed E-state index contributed by atoms with van der Waals surface area (Å²) < 4.78 is 0. The van der Waals surface area contributed by atoms with E-state index in [-0.39, 0.29) is 5.15 Å². The Hall–Kier alpha value is -1.20. The molecule has 18 heavy (non-hydrogen) atoms. The van der Waals surface area contributed by atoms with E-state index in [0.717, 1.165) is 26.1 Å². The van der Waals surface area contributed by atoms with Crippen molar-refractivity contribution >= 4 is 23.7 Å². The number of hydrogen-bond donors (Lipinski definition) is 0. The lowest BCUT2D eigenvalue weighted by Crippen LogP contribution is -2.28. The Morgan fingerprint density at radius 1 is 1.33 bits per heavy atom. The Bertz CT molecular complexity index is 398. The van der Waals surface area contributed by atoms with Crippen LogP contribution in [0, 0.1) is 0 Å². The molecular formula is C12H19ClN4O. The summed E-state index contributed by atoms with van der Waals surface area (Å²) >= 11 is 5.90. The topological polar surface area (TPSA) is 49.3 Å². The van der Waals surface area contributed by atoms with E-state index < -0.39 is 0 Å². The summed E-state index contributed by atoms with van der Waals surface area (Å²) in [6.45, 7) is 4.64. The van der Waals surface area contributed by atoms with Gasteiger partial charge in [-0.25, -0.2) is 9.97 Å². The zero-order valence-electron chi connectivity index (χ0n) is 11.1. The highest BCUT2D eigenvalue weighted by Crippen LogP contribution is 2.21. The van der Waals surface area contributed by atoms with Gasteiger partial charge in [0.2, 0.25) is 0 Å². The van der Waals surface area contributed by atoms with Crippen LogP contribution >= 0.6 is 11.6 Å². The number of halogens is 1. The van der Waals surface area contributed by atoms with E-state index in [1.54, 1.807) is 0 Å². The molecule has 0 aliphatic carbocycles. The minimum absolute atomic E-state index is 0.209. The van der Waals surface area contributed by atoms with Crippen LogP contribution in [-0.2, 0) is 0 Å². The summed E-state index contributed by atoms with van der Waals surface area (Å²) in [5, 5.41) is 0.209. The van der Waals surface area contributed by atoms with Gasteiger partial charge in [0.15, 0.2) is 6.29 Å². The monoisotopic (exact) mass is 270 g/mol. The molecule has 0 spiro atoms. The second-order valence-corrected chi connectivity index (χ2v) is 4.61. The van der Waals surface area contributed by atoms with Crippen LogP contribution in [0.15, 0.2) is 6.33 Å². The summed E-state index contributed by atoms with van der Waals surface area (Å²) in [6, 6.07) is 0. The molecule has 0 aliphatic rings. The van der Waals surface area contributed by atoms with Crippen LogP contribution in [0.25, 0.3) is 0 Å². The summed E-state index contributed by atoms with van der Waals surface area (Å²) in [5.41, 5.74) is 0.367. The number of rotatable bonds is 7. The van der Waals surface area contributed by atoms with E-state index in [2.05, 4.69) is 14.9 Å². The first-order chi connectivity index (χ1) is 8.60. The Balaban J connectivity index is 2.81. The van der Waals surface area contributed by atoms with E-state index in [1.807, 2.05) is 25.9 Å². The fourth-order valence-corrected chi connectivity index (χ4v) is 1.88. The lowest BCUT2D eigenvalue weighted by atomic mass is 10.3.